The average Bonchev–Trinajstić information content (AvgIpc) is 3.04. The van der Waals surface area contributed by atoms with Crippen LogP contribution in [0, 0.1) is 0 Å². The number of allylic oxidation sites excluding steroid dienone is 4. The fraction of sp³-hybridized carbons (Fsp3) is 0.294. The molecule has 3 heterocycles. The number of fused-ring (bicyclic) bond motifs is 3. The van der Waals surface area contributed by atoms with Gasteiger partial charge < -0.3 is 4.90 Å². The Morgan fingerprint density at radius 2 is 2.32 bits per heavy atom. The molecule has 4 nitrogen and oxygen atoms in total. The van der Waals surface area contributed by atoms with Crippen LogP contribution in [0.15, 0.2) is 53.9 Å². The first-order valence-corrected chi connectivity index (χ1v) is 8.39. The second kappa shape index (κ2) is 5.02. The Kier molecular flexibility index (Phi) is 3.11. The minimum Gasteiger partial charge on any atom is -0.303 e. The van der Waals surface area contributed by atoms with Crippen molar-refractivity contribution in [2.24, 2.45) is 0 Å². The summed E-state index contributed by atoms with van der Waals surface area (Å²) in [5.41, 5.74) is 0.992. The van der Waals surface area contributed by atoms with Gasteiger partial charge in [-0.1, -0.05) is 31.2 Å². The SMILES string of the molecule is CCCC(=O)Sc1cnc2n1C1=CC=CCC13C=CC=CN23. The summed E-state index contributed by atoms with van der Waals surface area (Å²) in [7, 11) is 0. The maximum atomic E-state index is 12.0. The zero-order valence-electron chi connectivity index (χ0n) is 12.4. The van der Waals surface area contributed by atoms with E-state index in [1.807, 2.05) is 19.2 Å². The van der Waals surface area contributed by atoms with Gasteiger partial charge in [0, 0.05) is 12.6 Å². The van der Waals surface area contributed by atoms with Gasteiger partial charge in [0.15, 0.2) is 5.12 Å². The lowest BCUT2D eigenvalue weighted by Gasteiger charge is -2.37. The standard InChI is InChI=1S/C17H17N3OS/c1-2-7-15(21)22-14-12-18-16-19-11-6-5-10-17(19)9-4-3-8-13(17)20(14)16/h3-6,8,10-12H,2,7,9H2,1H3. The molecule has 1 aromatic rings. The molecule has 1 aromatic heterocycles. The van der Waals surface area contributed by atoms with Gasteiger partial charge in [-0.3, -0.25) is 9.36 Å². The van der Waals surface area contributed by atoms with Gasteiger partial charge in [0.1, 0.15) is 10.6 Å². The van der Waals surface area contributed by atoms with Crippen molar-refractivity contribution >= 4 is 28.5 Å². The van der Waals surface area contributed by atoms with Crippen LogP contribution in [-0.4, -0.2) is 20.2 Å². The lowest BCUT2D eigenvalue weighted by molar-refractivity contribution is -0.111. The maximum Gasteiger partial charge on any atom is 0.216 e. The van der Waals surface area contributed by atoms with Crippen molar-refractivity contribution in [1.29, 1.82) is 0 Å². The van der Waals surface area contributed by atoms with E-state index < -0.39 is 0 Å². The highest BCUT2D eigenvalue weighted by Crippen LogP contribution is 2.49. The molecule has 0 saturated heterocycles. The third-order valence-electron chi connectivity index (χ3n) is 4.25. The lowest BCUT2D eigenvalue weighted by atomic mass is 9.85. The van der Waals surface area contributed by atoms with E-state index >= 15 is 0 Å². The summed E-state index contributed by atoms with van der Waals surface area (Å²) in [6.45, 7) is 2.03. The van der Waals surface area contributed by atoms with Crippen molar-refractivity contribution in [1.82, 2.24) is 9.55 Å². The Labute approximate surface area is 133 Å². The molecule has 0 amide bonds. The molecule has 0 radical (unpaired) electrons. The molecule has 0 saturated carbocycles. The van der Waals surface area contributed by atoms with Crippen LogP contribution in [0.2, 0.25) is 0 Å². The minimum absolute atomic E-state index is 0.184. The van der Waals surface area contributed by atoms with Crippen LogP contribution in [0.5, 0.6) is 0 Å². The summed E-state index contributed by atoms with van der Waals surface area (Å²) >= 11 is 1.30. The number of aromatic nitrogens is 2. The zero-order chi connectivity index (χ0) is 15.2. The molecule has 1 aliphatic carbocycles. The third kappa shape index (κ3) is 1.78. The van der Waals surface area contributed by atoms with Crippen molar-refractivity contribution in [3.8, 4) is 0 Å². The Morgan fingerprint density at radius 3 is 3.18 bits per heavy atom. The Hall–Kier alpha value is -2.01. The number of imidazole rings is 1. The van der Waals surface area contributed by atoms with Gasteiger partial charge >= 0.3 is 0 Å². The smallest absolute Gasteiger partial charge is 0.216 e. The zero-order valence-corrected chi connectivity index (χ0v) is 13.2. The molecule has 22 heavy (non-hydrogen) atoms. The summed E-state index contributed by atoms with van der Waals surface area (Å²) < 4.78 is 2.13. The molecule has 5 heteroatoms. The summed E-state index contributed by atoms with van der Waals surface area (Å²) in [6.07, 6.45) is 19.0. The van der Waals surface area contributed by atoms with E-state index in [0.717, 1.165) is 23.8 Å². The van der Waals surface area contributed by atoms with Crippen molar-refractivity contribution in [2.75, 3.05) is 4.90 Å². The monoisotopic (exact) mass is 311 g/mol. The number of anilines is 1. The molecule has 1 spiro atoms. The van der Waals surface area contributed by atoms with E-state index in [1.54, 1.807) is 0 Å². The molecular weight excluding hydrogens is 294 g/mol. The largest absolute Gasteiger partial charge is 0.303 e. The van der Waals surface area contributed by atoms with E-state index in [4.69, 9.17) is 0 Å². The quantitative estimate of drug-likeness (QED) is 0.797. The van der Waals surface area contributed by atoms with Gasteiger partial charge in [-0.2, -0.15) is 0 Å². The molecular formula is C17H17N3OS. The fourth-order valence-electron chi connectivity index (χ4n) is 3.28. The number of rotatable bonds is 3. The van der Waals surface area contributed by atoms with E-state index in [9.17, 15) is 4.79 Å². The van der Waals surface area contributed by atoms with Crippen LogP contribution in [0.3, 0.4) is 0 Å². The lowest BCUT2D eigenvalue weighted by Crippen LogP contribution is -2.43. The summed E-state index contributed by atoms with van der Waals surface area (Å²) in [6, 6.07) is 0. The van der Waals surface area contributed by atoms with Crippen molar-refractivity contribution in [3.05, 3.63) is 48.9 Å². The number of hydrogen-bond acceptors (Lipinski definition) is 4. The average molecular weight is 311 g/mol. The van der Waals surface area contributed by atoms with Gasteiger partial charge in [0.2, 0.25) is 5.95 Å². The van der Waals surface area contributed by atoms with Crippen LogP contribution in [0.25, 0.3) is 5.70 Å². The summed E-state index contributed by atoms with van der Waals surface area (Å²) in [4.78, 5) is 18.8. The molecule has 2 aliphatic heterocycles. The topological polar surface area (TPSA) is 38.1 Å². The van der Waals surface area contributed by atoms with Gasteiger partial charge in [-0.05, 0) is 36.8 Å². The molecule has 0 fully saturated rings. The van der Waals surface area contributed by atoms with Crippen LogP contribution in [0.1, 0.15) is 26.2 Å². The van der Waals surface area contributed by atoms with Crippen LogP contribution < -0.4 is 4.90 Å². The van der Waals surface area contributed by atoms with E-state index in [1.165, 1.54) is 17.5 Å². The summed E-state index contributed by atoms with van der Waals surface area (Å²) in [5, 5.41) is 1.10. The number of carbonyl (C=O) groups is 1. The first-order chi connectivity index (χ1) is 10.8. The van der Waals surface area contributed by atoms with Crippen molar-refractivity contribution < 1.29 is 4.79 Å². The second-order valence-electron chi connectivity index (χ2n) is 5.63. The normalized spacial score (nSPS) is 24.0. The van der Waals surface area contributed by atoms with Crippen molar-refractivity contribution in [3.63, 3.8) is 0 Å². The predicted octanol–water partition coefficient (Wildman–Crippen LogP) is 3.75. The molecule has 0 aromatic carbocycles. The van der Waals surface area contributed by atoms with Gasteiger partial charge in [0.05, 0.1) is 11.9 Å². The summed E-state index contributed by atoms with van der Waals surface area (Å²) in [5.74, 6) is 0.891. The van der Waals surface area contributed by atoms with Crippen LogP contribution in [-0.2, 0) is 4.79 Å². The first-order valence-electron chi connectivity index (χ1n) is 7.58. The highest BCUT2D eigenvalue weighted by atomic mass is 32.2. The maximum absolute atomic E-state index is 12.0. The number of carbonyl (C=O) groups excluding carboxylic acids is 1. The highest BCUT2D eigenvalue weighted by molar-refractivity contribution is 8.13. The van der Waals surface area contributed by atoms with Gasteiger partial charge in [-0.15, -0.1) is 0 Å². The number of thioether (sulfide) groups is 1. The third-order valence-corrected chi connectivity index (χ3v) is 5.18. The predicted molar refractivity (Wildman–Crippen MR) is 89.5 cm³/mol. The molecule has 1 unspecified atom stereocenters. The number of nitrogens with zero attached hydrogens (tertiary/aromatic N) is 3. The fourth-order valence-corrected chi connectivity index (χ4v) is 4.19. The Bertz CT molecular complexity index is 756. The molecule has 0 bridgehead atoms. The molecule has 0 N–H and O–H groups in total. The molecule has 1 atom stereocenters. The van der Waals surface area contributed by atoms with Gasteiger partial charge in [-0.25, -0.2) is 4.98 Å². The van der Waals surface area contributed by atoms with Crippen LogP contribution >= 0.6 is 11.8 Å². The van der Waals surface area contributed by atoms with Gasteiger partial charge in [0.25, 0.3) is 0 Å². The molecule has 4 rings (SSSR count). The molecule has 3 aliphatic rings. The minimum atomic E-state index is -0.184. The first kappa shape index (κ1) is 13.6. The van der Waals surface area contributed by atoms with E-state index in [2.05, 4.69) is 51.0 Å². The van der Waals surface area contributed by atoms with E-state index in [-0.39, 0.29) is 10.7 Å². The Balaban J connectivity index is 1.80. The number of hydrogen-bond donors (Lipinski definition) is 0. The van der Waals surface area contributed by atoms with E-state index in [0.29, 0.717) is 6.42 Å². The molecule has 112 valence electrons. The highest BCUT2D eigenvalue weighted by Gasteiger charge is 2.48. The Morgan fingerprint density at radius 1 is 1.41 bits per heavy atom. The van der Waals surface area contributed by atoms with Crippen molar-refractivity contribution in [2.45, 2.75) is 36.8 Å². The second-order valence-corrected chi connectivity index (χ2v) is 6.71. The van der Waals surface area contributed by atoms with Crippen LogP contribution in [0.4, 0.5) is 5.95 Å².